The Labute approximate surface area is 176 Å². The summed E-state index contributed by atoms with van der Waals surface area (Å²) < 4.78 is 27.9. The highest BCUT2D eigenvalue weighted by Crippen LogP contribution is 2.16. The van der Waals surface area contributed by atoms with E-state index >= 15 is 0 Å². The van der Waals surface area contributed by atoms with Gasteiger partial charge in [0.1, 0.15) is 0 Å². The molecule has 0 fully saturated rings. The maximum Gasteiger partial charge on any atom is 0.269 e. The first-order valence-corrected chi connectivity index (χ1v) is 10.7. The average Bonchev–Trinajstić information content (AvgIpc) is 2.73. The SMILES string of the molecule is O=C(NNC(=O)c1ccc(NS(=O)(=O)c2ccccc2)cc1)c1ccc(Br)cc1. The maximum absolute atomic E-state index is 12.3. The third-order valence-corrected chi connectivity index (χ3v) is 5.77. The number of nitrogens with one attached hydrogen (secondary N) is 3. The number of amides is 2. The molecule has 0 saturated heterocycles. The quantitative estimate of drug-likeness (QED) is 0.494. The molecule has 29 heavy (non-hydrogen) atoms. The summed E-state index contributed by atoms with van der Waals surface area (Å²) in [7, 11) is -3.71. The minimum absolute atomic E-state index is 0.137. The lowest BCUT2D eigenvalue weighted by Gasteiger charge is -2.10. The molecule has 0 aromatic heterocycles. The van der Waals surface area contributed by atoms with Gasteiger partial charge in [-0.15, -0.1) is 0 Å². The zero-order valence-electron chi connectivity index (χ0n) is 14.9. The smallest absolute Gasteiger partial charge is 0.269 e. The van der Waals surface area contributed by atoms with Crippen molar-refractivity contribution < 1.29 is 18.0 Å². The zero-order chi connectivity index (χ0) is 20.9. The van der Waals surface area contributed by atoms with Crippen molar-refractivity contribution in [2.75, 3.05) is 4.72 Å². The summed E-state index contributed by atoms with van der Waals surface area (Å²) in [5.41, 5.74) is 5.59. The molecule has 0 saturated carbocycles. The molecule has 0 heterocycles. The number of hydrazine groups is 1. The highest BCUT2D eigenvalue weighted by Gasteiger charge is 2.14. The minimum atomic E-state index is -3.71. The van der Waals surface area contributed by atoms with Crippen molar-refractivity contribution in [2.45, 2.75) is 4.90 Å². The fourth-order valence-corrected chi connectivity index (χ4v) is 3.71. The Morgan fingerprint density at radius 2 is 1.17 bits per heavy atom. The van der Waals surface area contributed by atoms with Crippen molar-refractivity contribution in [2.24, 2.45) is 0 Å². The second-order valence-electron chi connectivity index (χ2n) is 5.91. The van der Waals surface area contributed by atoms with E-state index in [4.69, 9.17) is 0 Å². The highest BCUT2D eigenvalue weighted by atomic mass is 79.9. The molecule has 2 amide bonds. The molecule has 3 rings (SSSR count). The number of rotatable bonds is 5. The molecule has 3 N–H and O–H groups in total. The van der Waals surface area contributed by atoms with Gasteiger partial charge in [-0.05, 0) is 60.7 Å². The first-order valence-electron chi connectivity index (χ1n) is 8.39. The summed E-state index contributed by atoms with van der Waals surface area (Å²) in [6.07, 6.45) is 0. The number of halogens is 1. The minimum Gasteiger partial charge on any atom is -0.280 e. The van der Waals surface area contributed by atoms with Gasteiger partial charge < -0.3 is 0 Å². The predicted octanol–water partition coefficient (Wildman–Crippen LogP) is 3.32. The van der Waals surface area contributed by atoms with Crippen LogP contribution in [0.3, 0.4) is 0 Å². The van der Waals surface area contributed by atoms with E-state index in [-0.39, 0.29) is 10.5 Å². The van der Waals surface area contributed by atoms with Crippen LogP contribution >= 0.6 is 15.9 Å². The number of anilines is 1. The van der Waals surface area contributed by atoms with Crippen LogP contribution in [0.1, 0.15) is 20.7 Å². The summed E-state index contributed by atoms with van der Waals surface area (Å²) in [6.45, 7) is 0. The summed E-state index contributed by atoms with van der Waals surface area (Å²) in [5, 5.41) is 0. The molecule has 3 aromatic rings. The Kier molecular flexibility index (Phi) is 6.30. The molecule has 0 aliphatic carbocycles. The van der Waals surface area contributed by atoms with Crippen LogP contribution in [0, 0.1) is 0 Å². The summed E-state index contributed by atoms with van der Waals surface area (Å²) >= 11 is 3.28. The Bertz CT molecular complexity index is 1120. The Balaban J connectivity index is 1.60. The van der Waals surface area contributed by atoms with Gasteiger partial charge in [0.25, 0.3) is 21.8 Å². The summed E-state index contributed by atoms with van der Waals surface area (Å²) in [4.78, 5) is 24.3. The van der Waals surface area contributed by atoms with Crippen molar-refractivity contribution in [3.63, 3.8) is 0 Å². The Morgan fingerprint density at radius 3 is 1.69 bits per heavy atom. The number of carbonyl (C=O) groups excluding carboxylic acids is 2. The van der Waals surface area contributed by atoms with Gasteiger partial charge in [-0.2, -0.15) is 0 Å². The lowest BCUT2D eigenvalue weighted by atomic mass is 10.2. The molecule has 148 valence electrons. The van der Waals surface area contributed by atoms with E-state index in [1.807, 2.05) is 0 Å². The van der Waals surface area contributed by atoms with E-state index in [0.29, 0.717) is 11.3 Å². The Hall–Kier alpha value is -3.17. The molecule has 0 bridgehead atoms. The first kappa shape index (κ1) is 20.6. The molecule has 0 aliphatic rings. The molecule has 3 aromatic carbocycles. The molecule has 0 radical (unpaired) electrons. The van der Waals surface area contributed by atoms with Crippen LogP contribution in [-0.4, -0.2) is 20.2 Å². The third-order valence-electron chi connectivity index (χ3n) is 3.85. The van der Waals surface area contributed by atoms with Crippen LogP contribution in [-0.2, 0) is 10.0 Å². The molecule has 0 aliphatic heterocycles. The summed E-state index contributed by atoms with van der Waals surface area (Å²) in [6, 6.07) is 20.4. The average molecular weight is 474 g/mol. The van der Waals surface area contributed by atoms with Crippen LogP contribution < -0.4 is 15.6 Å². The van der Waals surface area contributed by atoms with E-state index in [0.717, 1.165) is 4.47 Å². The highest BCUT2D eigenvalue weighted by molar-refractivity contribution is 9.10. The fourth-order valence-electron chi connectivity index (χ4n) is 2.36. The maximum atomic E-state index is 12.3. The first-order chi connectivity index (χ1) is 13.8. The number of hydrogen-bond acceptors (Lipinski definition) is 4. The number of benzene rings is 3. The van der Waals surface area contributed by atoms with Crippen LogP contribution in [0.25, 0.3) is 0 Å². The van der Waals surface area contributed by atoms with Gasteiger partial charge >= 0.3 is 0 Å². The molecule has 7 nitrogen and oxygen atoms in total. The number of carbonyl (C=O) groups is 2. The molecular formula is C20H16BrN3O4S. The lowest BCUT2D eigenvalue weighted by Crippen LogP contribution is -2.41. The molecule has 0 unspecified atom stereocenters. The molecule has 0 spiro atoms. The molecule has 9 heteroatoms. The molecule has 0 atom stereocenters. The van der Waals surface area contributed by atoms with E-state index in [1.165, 1.54) is 36.4 Å². The predicted molar refractivity (Wildman–Crippen MR) is 113 cm³/mol. The molecular weight excluding hydrogens is 458 g/mol. The van der Waals surface area contributed by atoms with Crippen molar-refractivity contribution in [1.29, 1.82) is 0 Å². The van der Waals surface area contributed by atoms with Crippen molar-refractivity contribution in [3.05, 3.63) is 94.5 Å². The van der Waals surface area contributed by atoms with Gasteiger partial charge in [-0.3, -0.25) is 25.2 Å². The van der Waals surface area contributed by atoms with Crippen molar-refractivity contribution in [1.82, 2.24) is 10.9 Å². The van der Waals surface area contributed by atoms with Crippen LogP contribution in [0.5, 0.6) is 0 Å². The standard InChI is InChI=1S/C20H16BrN3O4S/c21-16-10-6-14(7-11-16)19(25)22-23-20(26)15-8-12-17(13-9-15)24-29(27,28)18-4-2-1-3-5-18/h1-13,24H,(H,22,25)(H,23,26). The van der Waals surface area contributed by atoms with E-state index < -0.39 is 21.8 Å². The van der Waals surface area contributed by atoms with E-state index in [2.05, 4.69) is 31.5 Å². The zero-order valence-corrected chi connectivity index (χ0v) is 17.3. The second kappa shape index (κ2) is 8.89. The topological polar surface area (TPSA) is 104 Å². The largest absolute Gasteiger partial charge is 0.280 e. The monoisotopic (exact) mass is 473 g/mol. The second-order valence-corrected chi connectivity index (χ2v) is 8.51. The van der Waals surface area contributed by atoms with Crippen LogP contribution in [0.4, 0.5) is 5.69 Å². The Morgan fingerprint density at radius 1 is 0.690 bits per heavy atom. The fraction of sp³-hybridized carbons (Fsp3) is 0. The van der Waals surface area contributed by atoms with Gasteiger partial charge in [0.2, 0.25) is 0 Å². The van der Waals surface area contributed by atoms with E-state index in [9.17, 15) is 18.0 Å². The van der Waals surface area contributed by atoms with Gasteiger partial charge in [0.05, 0.1) is 4.90 Å². The summed E-state index contributed by atoms with van der Waals surface area (Å²) in [5.74, 6) is -0.994. The lowest BCUT2D eigenvalue weighted by molar-refractivity contribution is 0.0846. The van der Waals surface area contributed by atoms with Crippen molar-refractivity contribution >= 4 is 43.5 Å². The van der Waals surface area contributed by atoms with Gasteiger partial charge in [0.15, 0.2) is 0 Å². The van der Waals surface area contributed by atoms with Crippen molar-refractivity contribution in [3.8, 4) is 0 Å². The van der Waals surface area contributed by atoms with Crippen LogP contribution in [0.15, 0.2) is 88.2 Å². The third kappa shape index (κ3) is 5.43. The van der Waals surface area contributed by atoms with Gasteiger partial charge in [-0.25, -0.2) is 8.42 Å². The van der Waals surface area contributed by atoms with E-state index in [1.54, 1.807) is 42.5 Å². The van der Waals surface area contributed by atoms with Gasteiger partial charge in [0, 0.05) is 21.3 Å². The van der Waals surface area contributed by atoms with Gasteiger partial charge in [-0.1, -0.05) is 34.1 Å². The number of hydrogen-bond donors (Lipinski definition) is 3. The number of sulfonamides is 1. The van der Waals surface area contributed by atoms with Crippen LogP contribution in [0.2, 0.25) is 0 Å². The normalized spacial score (nSPS) is 10.8.